The van der Waals surface area contributed by atoms with Gasteiger partial charge in [0.15, 0.2) is 17.5 Å². The Labute approximate surface area is 160 Å². The third kappa shape index (κ3) is 3.73. The Hall–Kier alpha value is -1.18. The number of halogens is 1. The molecule has 0 unspecified atom stereocenters. The first-order valence-corrected chi connectivity index (χ1v) is 8.72. The number of fused-ring (bicyclic) bond motifs is 1. The minimum atomic E-state index is 0. The number of aliphatic imine (C=N–C) groups is 1. The number of benzene rings is 1. The monoisotopic (exact) mass is 443 g/mol. The molecule has 0 bridgehead atoms. The zero-order chi connectivity index (χ0) is 15.7. The average Bonchev–Trinajstić information content (AvgIpc) is 3.32. The van der Waals surface area contributed by atoms with Crippen LogP contribution in [-0.4, -0.2) is 25.7 Å². The lowest BCUT2D eigenvalue weighted by molar-refractivity contribution is 0.113. The summed E-state index contributed by atoms with van der Waals surface area (Å²) in [5.41, 5.74) is 7.43. The van der Waals surface area contributed by atoms with Crippen molar-refractivity contribution in [2.75, 3.05) is 25.1 Å². The summed E-state index contributed by atoms with van der Waals surface area (Å²) < 4.78 is 11.3. The highest BCUT2D eigenvalue weighted by molar-refractivity contribution is 14.0. The number of anilines is 1. The van der Waals surface area contributed by atoms with Crippen molar-refractivity contribution >= 4 is 35.6 Å². The minimum Gasteiger partial charge on any atom is -0.490 e. The fourth-order valence-electron chi connectivity index (χ4n) is 3.69. The van der Waals surface area contributed by atoms with E-state index in [1.165, 1.54) is 32.1 Å². The van der Waals surface area contributed by atoms with Gasteiger partial charge in [0.2, 0.25) is 0 Å². The second-order valence-electron chi connectivity index (χ2n) is 7.03. The van der Waals surface area contributed by atoms with E-state index in [1.54, 1.807) is 0 Å². The highest BCUT2D eigenvalue weighted by Gasteiger charge is 2.48. The maximum atomic E-state index is 6.09. The predicted octanol–water partition coefficient (Wildman–Crippen LogP) is 3.77. The molecule has 0 atom stereocenters. The molecule has 132 valence electrons. The second-order valence-corrected chi connectivity index (χ2v) is 7.03. The van der Waals surface area contributed by atoms with Crippen molar-refractivity contribution in [2.45, 2.75) is 38.5 Å². The van der Waals surface area contributed by atoms with Crippen LogP contribution in [0.2, 0.25) is 0 Å². The van der Waals surface area contributed by atoms with Gasteiger partial charge in [0.1, 0.15) is 0 Å². The number of nitrogens with zero attached hydrogens (tertiary/aromatic N) is 1. The zero-order valence-electron chi connectivity index (χ0n) is 13.9. The molecule has 5 nitrogen and oxygen atoms in total. The van der Waals surface area contributed by atoms with Crippen LogP contribution in [0.1, 0.15) is 38.5 Å². The van der Waals surface area contributed by atoms with E-state index in [-0.39, 0.29) is 24.0 Å². The van der Waals surface area contributed by atoms with Crippen molar-refractivity contribution in [1.82, 2.24) is 0 Å². The molecular weight excluding hydrogens is 417 g/mol. The molecule has 1 aliphatic heterocycles. The van der Waals surface area contributed by atoms with Crippen LogP contribution in [0.25, 0.3) is 0 Å². The maximum absolute atomic E-state index is 6.09. The van der Waals surface area contributed by atoms with Gasteiger partial charge in [0.05, 0.1) is 13.2 Å². The van der Waals surface area contributed by atoms with Crippen LogP contribution in [0.4, 0.5) is 5.69 Å². The van der Waals surface area contributed by atoms with Crippen molar-refractivity contribution in [3.63, 3.8) is 0 Å². The molecule has 0 spiro atoms. The van der Waals surface area contributed by atoms with Crippen LogP contribution in [0, 0.1) is 11.3 Å². The molecule has 2 fully saturated rings. The zero-order valence-corrected chi connectivity index (χ0v) is 16.3. The Balaban J connectivity index is 0.00000169. The minimum absolute atomic E-state index is 0. The average molecular weight is 443 g/mol. The summed E-state index contributed by atoms with van der Waals surface area (Å²) in [6.45, 7) is 2.25. The summed E-state index contributed by atoms with van der Waals surface area (Å²) in [6.07, 6.45) is 7.65. The van der Waals surface area contributed by atoms with Gasteiger partial charge in [0, 0.05) is 24.7 Å². The summed E-state index contributed by atoms with van der Waals surface area (Å²) in [7, 11) is 0. The molecule has 1 heterocycles. The second kappa shape index (κ2) is 7.37. The first-order valence-electron chi connectivity index (χ1n) is 8.72. The molecule has 2 aliphatic carbocycles. The number of rotatable bonds is 4. The summed E-state index contributed by atoms with van der Waals surface area (Å²) in [6, 6.07) is 5.81. The number of nitrogens with one attached hydrogen (secondary N) is 1. The lowest BCUT2D eigenvalue weighted by atomic mass is 9.65. The van der Waals surface area contributed by atoms with Gasteiger partial charge in [-0.3, -0.25) is 4.99 Å². The SMILES string of the molecule is I.NC(=NCC1(C2CC2)CCC1)Nc1ccc2c(c1)OCCCO2. The van der Waals surface area contributed by atoms with Crippen molar-refractivity contribution in [3.05, 3.63) is 18.2 Å². The van der Waals surface area contributed by atoms with Gasteiger partial charge in [0.25, 0.3) is 0 Å². The Kier molecular flexibility index (Phi) is 5.42. The molecule has 1 aromatic carbocycles. The molecule has 6 heteroatoms. The van der Waals surface area contributed by atoms with Crippen molar-refractivity contribution < 1.29 is 9.47 Å². The predicted molar refractivity (Wildman–Crippen MR) is 107 cm³/mol. The van der Waals surface area contributed by atoms with E-state index in [0.717, 1.165) is 36.1 Å². The third-order valence-electron chi connectivity index (χ3n) is 5.38. The molecule has 1 aromatic rings. The lowest BCUT2D eigenvalue weighted by Crippen LogP contribution is -2.36. The first-order chi connectivity index (χ1) is 11.3. The van der Waals surface area contributed by atoms with Gasteiger partial charge < -0.3 is 20.5 Å². The van der Waals surface area contributed by atoms with E-state index in [4.69, 9.17) is 15.2 Å². The van der Waals surface area contributed by atoms with Gasteiger partial charge in [-0.1, -0.05) is 6.42 Å². The molecular formula is C18H26IN3O2. The molecule has 3 N–H and O–H groups in total. The number of nitrogens with two attached hydrogens (primary N) is 1. The van der Waals surface area contributed by atoms with Crippen LogP contribution in [0.3, 0.4) is 0 Å². The highest BCUT2D eigenvalue weighted by Crippen LogP contribution is 2.57. The third-order valence-corrected chi connectivity index (χ3v) is 5.38. The summed E-state index contributed by atoms with van der Waals surface area (Å²) in [5, 5.41) is 3.18. The van der Waals surface area contributed by atoms with Crippen molar-refractivity contribution in [2.24, 2.45) is 22.1 Å². The smallest absolute Gasteiger partial charge is 0.193 e. The van der Waals surface area contributed by atoms with Crippen molar-refractivity contribution in [3.8, 4) is 11.5 Å². The van der Waals surface area contributed by atoms with Crippen LogP contribution in [0.5, 0.6) is 11.5 Å². The molecule has 3 aliphatic rings. The van der Waals surface area contributed by atoms with Gasteiger partial charge in [-0.15, -0.1) is 24.0 Å². The molecule has 0 saturated heterocycles. The lowest BCUT2D eigenvalue weighted by Gasteiger charge is -2.41. The van der Waals surface area contributed by atoms with Gasteiger partial charge in [-0.2, -0.15) is 0 Å². The Morgan fingerprint density at radius 2 is 1.92 bits per heavy atom. The number of hydrogen-bond acceptors (Lipinski definition) is 3. The van der Waals surface area contributed by atoms with E-state index in [2.05, 4.69) is 10.3 Å². The molecule has 0 amide bonds. The number of ether oxygens (including phenoxy) is 2. The number of guanidine groups is 1. The van der Waals surface area contributed by atoms with E-state index < -0.39 is 0 Å². The van der Waals surface area contributed by atoms with Crippen LogP contribution in [0.15, 0.2) is 23.2 Å². The van der Waals surface area contributed by atoms with Gasteiger partial charge in [-0.25, -0.2) is 0 Å². The van der Waals surface area contributed by atoms with E-state index >= 15 is 0 Å². The topological polar surface area (TPSA) is 68.9 Å². The fraction of sp³-hybridized carbons (Fsp3) is 0.611. The highest BCUT2D eigenvalue weighted by atomic mass is 127. The quantitative estimate of drug-likeness (QED) is 0.423. The summed E-state index contributed by atoms with van der Waals surface area (Å²) >= 11 is 0. The molecule has 4 rings (SSSR count). The van der Waals surface area contributed by atoms with E-state index in [1.807, 2.05) is 18.2 Å². The summed E-state index contributed by atoms with van der Waals surface area (Å²) in [4.78, 5) is 4.62. The molecule has 24 heavy (non-hydrogen) atoms. The van der Waals surface area contributed by atoms with Crippen LogP contribution in [-0.2, 0) is 0 Å². The largest absolute Gasteiger partial charge is 0.490 e. The maximum Gasteiger partial charge on any atom is 0.193 e. The van der Waals surface area contributed by atoms with Crippen LogP contribution >= 0.6 is 24.0 Å². The Morgan fingerprint density at radius 1 is 1.17 bits per heavy atom. The number of hydrogen-bond donors (Lipinski definition) is 2. The van der Waals surface area contributed by atoms with E-state index in [0.29, 0.717) is 24.6 Å². The molecule has 2 saturated carbocycles. The first kappa shape index (κ1) is 17.6. The van der Waals surface area contributed by atoms with Crippen molar-refractivity contribution in [1.29, 1.82) is 0 Å². The van der Waals surface area contributed by atoms with E-state index in [9.17, 15) is 0 Å². The normalized spacial score (nSPS) is 21.9. The Bertz CT molecular complexity index is 612. The summed E-state index contributed by atoms with van der Waals surface area (Å²) in [5.74, 6) is 2.96. The fourth-order valence-corrected chi connectivity index (χ4v) is 3.69. The Morgan fingerprint density at radius 3 is 2.58 bits per heavy atom. The van der Waals surface area contributed by atoms with Gasteiger partial charge >= 0.3 is 0 Å². The van der Waals surface area contributed by atoms with Crippen LogP contribution < -0.4 is 20.5 Å². The molecule has 0 radical (unpaired) electrons. The standard InChI is InChI=1S/C18H25N3O2.HI/c19-17(20-12-18(7-1-8-18)13-3-4-13)21-14-5-6-15-16(11-14)23-10-2-9-22-15;/h5-6,11,13H,1-4,7-10,12H2,(H3,19,20,21);1H. The van der Waals surface area contributed by atoms with Gasteiger partial charge in [-0.05, 0) is 49.1 Å². The molecule has 0 aromatic heterocycles.